The van der Waals surface area contributed by atoms with Crippen LogP contribution in [-0.2, 0) is 17.3 Å². The molecule has 0 N–H and O–H groups in total. The zero-order valence-corrected chi connectivity index (χ0v) is 17.9. The van der Waals surface area contributed by atoms with E-state index in [1.54, 1.807) is 0 Å². The van der Waals surface area contributed by atoms with Gasteiger partial charge in [-0.2, -0.15) is 8.78 Å². The molecule has 174 valence electrons. The van der Waals surface area contributed by atoms with Crippen molar-refractivity contribution in [2.45, 2.75) is 13.0 Å². The van der Waals surface area contributed by atoms with Crippen LogP contribution in [-0.4, -0.2) is 49.9 Å². The minimum absolute atomic E-state index is 0.105. The van der Waals surface area contributed by atoms with Gasteiger partial charge in [-0.05, 0) is 36.4 Å². The van der Waals surface area contributed by atoms with Crippen LogP contribution in [0, 0.1) is 11.6 Å². The number of alkyl halides is 2. The van der Waals surface area contributed by atoms with E-state index >= 15 is 0 Å². The Balaban J connectivity index is 1.60. The van der Waals surface area contributed by atoms with Crippen molar-refractivity contribution in [3.05, 3.63) is 65.6 Å². The summed E-state index contributed by atoms with van der Waals surface area (Å²) in [5, 5.41) is 6.72. The molecule has 2 heterocycles. The molecule has 2 amide bonds. The van der Waals surface area contributed by atoms with Crippen molar-refractivity contribution in [3.63, 3.8) is 0 Å². The fourth-order valence-electron chi connectivity index (χ4n) is 3.31. The monoisotopic (exact) mass is 482 g/mol. The summed E-state index contributed by atoms with van der Waals surface area (Å²) in [4.78, 5) is 16.0. The first-order valence-corrected chi connectivity index (χ1v) is 11.4. The van der Waals surface area contributed by atoms with Crippen LogP contribution < -0.4 is 4.90 Å². The number of carbonyl (C=O) groups excluding carboxylic acids is 1. The Morgan fingerprint density at radius 3 is 2.39 bits per heavy atom. The van der Waals surface area contributed by atoms with E-state index < -0.39 is 40.8 Å². The van der Waals surface area contributed by atoms with E-state index in [1.807, 2.05) is 0 Å². The second-order valence-corrected chi connectivity index (χ2v) is 8.93. The van der Waals surface area contributed by atoms with Crippen molar-refractivity contribution in [2.75, 3.05) is 29.5 Å². The fraction of sp³-hybridized carbons (Fsp3) is 0.286. The Labute approximate surface area is 188 Å². The Bertz CT molecular complexity index is 1160. The summed E-state index contributed by atoms with van der Waals surface area (Å²) in [5.41, 5.74) is 0.592. The number of aromatic nitrogens is 2. The summed E-state index contributed by atoms with van der Waals surface area (Å²) < 4.78 is 70.2. The average molecular weight is 482 g/mol. The van der Waals surface area contributed by atoms with Crippen LogP contribution in [0.5, 0.6) is 0 Å². The van der Waals surface area contributed by atoms with Crippen LogP contribution in [0.4, 0.5) is 28.0 Å². The molecule has 1 saturated heterocycles. The minimum Gasteiger partial charge on any atom is -0.415 e. The van der Waals surface area contributed by atoms with E-state index in [1.165, 1.54) is 46.2 Å². The minimum atomic E-state index is -2.95. The number of carbonyl (C=O) groups is 1. The van der Waals surface area contributed by atoms with Crippen molar-refractivity contribution in [3.8, 4) is 11.5 Å². The molecule has 0 bridgehead atoms. The van der Waals surface area contributed by atoms with E-state index in [0.29, 0.717) is 17.2 Å². The lowest BCUT2D eigenvalue weighted by Crippen LogP contribution is -2.48. The maximum atomic E-state index is 14.9. The standard InChI is InChI=1S/C21H18F4N4O3S/c22-15-3-5-16(6-4-15)29(21(30)28-7-9-33(31)10-8-28)12-14-2-1-13(11-17(14)23)19-26-27-20(32-19)18(24)25/h1-6,11,18H,7-10,12H2. The molecule has 1 aliphatic rings. The van der Waals surface area contributed by atoms with E-state index in [2.05, 4.69) is 10.2 Å². The lowest BCUT2D eigenvalue weighted by atomic mass is 10.1. The number of halogens is 4. The molecule has 1 fully saturated rings. The molecule has 0 saturated carbocycles. The summed E-state index contributed by atoms with van der Waals surface area (Å²) in [6.45, 7) is 0.394. The third-order valence-electron chi connectivity index (χ3n) is 5.07. The van der Waals surface area contributed by atoms with Crippen LogP contribution >= 0.6 is 0 Å². The number of urea groups is 1. The number of nitrogens with zero attached hydrogens (tertiary/aromatic N) is 4. The number of anilines is 1. The molecule has 33 heavy (non-hydrogen) atoms. The van der Waals surface area contributed by atoms with Crippen molar-refractivity contribution in [2.24, 2.45) is 0 Å². The molecule has 7 nitrogen and oxygen atoms in total. The van der Waals surface area contributed by atoms with Gasteiger partial charge in [0, 0.05) is 52.2 Å². The molecule has 2 aromatic carbocycles. The number of hydrogen-bond donors (Lipinski definition) is 0. The Hall–Kier alpha value is -3.28. The molecular formula is C21H18F4N4O3S. The van der Waals surface area contributed by atoms with E-state index in [9.17, 15) is 26.6 Å². The molecule has 12 heteroatoms. The van der Waals surface area contributed by atoms with Gasteiger partial charge in [0.2, 0.25) is 5.89 Å². The van der Waals surface area contributed by atoms with Crippen LogP contribution in [0.2, 0.25) is 0 Å². The number of hydrogen-bond acceptors (Lipinski definition) is 5. The fourth-order valence-corrected chi connectivity index (χ4v) is 4.36. The first kappa shape index (κ1) is 22.9. The quantitative estimate of drug-likeness (QED) is 0.511. The van der Waals surface area contributed by atoms with E-state index in [0.717, 1.165) is 6.07 Å². The molecular weight excluding hydrogens is 464 g/mol. The van der Waals surface area contributed by atoms with Crippen molar-refractivity contribution < 1.29 is 31.0 Å². The second-order valence-electron chi connectivity index (χ2n) is 7.23. The molecule has 0 unspecified atom stereocenters. The summed E-state index contributed by atoms with van der Waals surface area (Å²) in [5.74, 6) is -1.65. The Morgan fingerprint density at radius 1 is 1.09 bits per heavy atom. The summed E-state index contributed by atoms with van der Waals surface area (Å²) in [7, 11) is -0.991. The highest BCUT2D eigenvalue weighted by Crippen LogP contribution is 2.27. The molecule has 0 atom stereocenters. The molecule has 0 radical (unpaired) electrons. The van der Waals surface area contributed by atoms with Gasteiger partial charge in [-0.3, -0.25) is 9.11 Å². The van der Waals surface area contributed by atoms with Crippen LogP contribution in [0.3, 0.4) is 0 Å². The van der Waals surface area contributed by atoms with Gasteiger partial charge >= 0.3 is 12.5 Å². The van der Waals surface area contributed by atoms with Crippen LogP contribution in [0.1, 0.15) is 17.9 Å². The van der Waals surface area contributed by atoms with E-state index in [4.69, 9.17) is 4.42 Å². The summed E-state index contributed by atoms with van der Waals surface area (Å²) in [6, 6.07) is 8.62. The number of benzene rings is 2. The van der Waals surface area contributed by atoms with Gasteiger partial charge in [0.1, 0.15) is 11.6 Å². The van der Waals surface area contributed by atoms with Crippen LogP contribution in [0.25, 0.3) is 11.5 Å². The van der Waals surface area contributed by atoms with Gasteiger partial charge in [0.15, 0.2) is 0 Å². The molecule has 1 aliphatic heterocycles. The number of rotatable bonds is 5. The lowest BCUT2D eigenvalue weighted by Gasteiger charge is -2.33. The predicted octanol–water partition coefficient (Wildman–Crippen LogP) is 4.14. The van der Waals surface area contributed by atoms with Gasteiger partial charge < -0.3 is 9.32 Å². The van der Waals surface area contributed by atoms with Crippen molar-refractivity contribution in [1.82, 2.24) is 15.1 Å². The number of amides is 2. The largest absolute Gasteiger partial charge is 0.415 e. The van der Waals surface area contributed by atoms with Gasteiger partial charge in [0.05, 0.1) is 6.54 Å². The highest BCUT2D eigenvalue weighted by Gasteiger charge is 2.27. The zero-order valence-electron chi connectivity index (χ0n) is 17.1. The predicted molar refractivity (Wildman–Crippen MR) is 112 cm³/mol. The highest BCUT2D eigenvalue weighted by atomic mass is 32.2. The Kier molecular flexibility index (Phi) is 6.72. The third-order valence-corrected chi connectivity index (χ3v) is 6.35. The van der Waals surface area contributed by atoms with E-state index in [-0.39, 0.29) is 36.7 Å². The van der Waals surface area contributed by atoms with Crippen molar-refractivity contribution >= 4 is 22.5 Å². The van der Waals surface area contributed by atoms with Gasteiger partial charge in [-0.1, -0.05) is 6.07 Å². The second kappa shape index (κ2) is 9.69. The SMILES string of the molecule is O=C(N1CCS(=O)CC1)N(Cc1ccc(-c2nnc(C(F)F)o2)cc1F)c1ccc(F)cc1. The molecule has 3 aromatic rings. The lowest BCUT2D eigenvalue weighted by molar-refractivity contribution is 0.116. The first-order valence-electron chi connectivity index (χ1n) is 9.89. The third kappa shape index (κ3) is 5.21. The normalized spacial score (nSPS) is 14.6. The van der Waals surface area contributed by atoms with Gasteiger partial charge in [0.25, 0.3) is 5.89 Å². The molecule has 1 aromatic heterocycles. The van der Waals surface area contributed by atoms with Crippen LogP contribution in [0.15, 0.2) is 46.9 Å². The summed E-state index contributed by atoms with van der Waals surface area (Å²) >= 11 is 0. The maximum Gasteiger partial charge on any atom is 0.324 e. The molecule has 0 spiro atoms. The topological polar surface area (TPSA) is 79.5 Å². The first-order chi connectivity index (χ1) is 15.8. The van der Waals surface area contributed by atoms with Gasteiger partial charge in [-0.25, -0.2) is 13.6 Å². The maximum absolute atomic E-state index is 14.9. The van der Waals surface area contributed by atoms with Crippen molar-refractivity contribution in [1.29, 1.82) is 0 Å². The molecule has 4 rings (SSSR count). The van der Waals surface area contributed by atoms with Gasteiger partial charge in [-0.15, -0.1) is 10.2 Å². The highest BCUT2D eigenvalue weighted by molar-refractivity contribution is 7.85. The Morgan fingerprint density at radius 2 is 1.79 bits per heavy atom. The smallest absolute Gasteiger partial charge is 0.324 e. The zero-order chi connectivity index (χ0) is 23.5. The average Bonchev–Trinajstić information content (AvgIpc) is 3.30. The molecule has 0 aliphatic carbocycles. The summed E-state index contributed by atoms with van der Waals surface area (Å²) in [6.07, 6.45) is -2.95.